The van der Waals surface area contributed by atoms with E-state index in [1.165, 1.54) is 0 Å². The molecule has 14 heavy (non-hydrogen) atoms. The molecule has 0 unspecified atom stereocenters. The third-order valence-electron chi connectivity index (χ3n) is 3.31. The van der Waals surface area contributed by atoms with Crippen molar-refractivity contribution in [3.63, 3.8) is 0 Å². The van der Waals surface area contributed by atoms with Crippen LogP contribution in [-0.4, -0.2) is 0 Å². The van der Waals surface area contributed by atoms with Gasteiger partial charge in [0.05, 0.1) is 0 Å². The monoisotopic (exact) mass is 402 g/mol. The van der Waals surface area contributed by atoms with Crippen molar-refractivity contribution in [3.8, 4) is 0 Å². The second-order valence-corrected chi connectivity index (χ2v) is 7.72. The Kier molecular flexibility index (Phi) is 7.26. The number of allylic oxidation sites excluding steroid dienone is 4. The molecule has 0 amide bonds. The van der Waals surface area contributed by atoms with E-state index >= 15 is 0 Å². The summed E-state index contributed by atoms with van der Waals surface area (Å²) >= 11 is -0.457. The average Bonchev–Trinajstić information content (AvgIpc) is 2.13. The summed E-state index contributed by atoms with van der Waals surface area (Å²) in [6.07, 6.45) is 0. The van der Waals surface area contributed by atoms with Crippen LogP contribution in [0.4, 0.5) is 0 Å². The molecule has 1 aliphatic carbocycles. The fourth-order valence-corrected chi connectivity index (χ4v) is 7.03. The van der Waals surface area contributed by atoms with Crippen LogP contribution in [0.15, 0.2) is 20.0 Å². The van der Waals surface area contributed by atoms with E-state index in [1.54, 1.807) is 16.7 Å². The summed E-state index contributed by atoms with van der Waals surface area (Å²) in [4.78, 5) is 0. The maximum atomic E-state index is 2.45. The summed E-state index contributed by atoms with van der Waals surface area (Å²) in [5, 5.41) is 0. The molecule has 0 aromatic heterocycles. The molecule has 0 atom stereocenters. The van der Waals surface area contributed by atoms with Gasteiger partial charge in [-0.05, 0) is 0 Å². The first-order valence-corrected chi connectivity index (χ1v) is 9.89. The molecule has 0 spiro atoms. The van der Waals surface area contributed by atoms with Crippen LogP contribution in [0.2, 0.25) is 4.68 Å². The molecule has 82 valence electrons. The molecule has 1 aliphatic rings. The Hall–Kier alpha value is 0.930. The van der Waals surface area contributed by atoms with Crippen molar-refractivity contribution < 1.29 is 22.9 Å². The molecule has 0 saturated heterocycles. The molecular formula is C11H20Cl2Hf. The van der Waals surface area contributed by atoms with Crippen molar-refractivity contribution in [1.82, 2.24) is 0 Å². The Morgan fingerprint density at radius 3 is 1.50 bits per heavy atom. The second-order valence-electron chi connectivity index (χ2n) is 4.12. The molecule has 0 aromatic rings. The van der Waals surface area contributed by atoms with E-state index in [-0.39, 0.29) is 24.8 Å². The Labute approximate surface area is 112 Å². The van der Waals surface area contributed by atoms with E-state index in [9.17, 15) is 0 Å². The van der Waals surface area contributed by atoms with Gasteiger partial charge in [0.1, 0.15) is 0 Å². The molecule has 0 nitrogen and oxygen atoms in total. The van der Waals surface area contributed by atoms with E-state index in [2.05, 4.69) is 39.3 Å². The molecule has 0 aromatic carbocycles. The van der Waals surface area contributed by atoms with Gasteiger partial charge in [0.25, 0.3) is 0 Å². The number of halogens is 2. The summed E-state index contributed by atoms with van der Waals surface area (Å²) in [6, 6.07) is 0. The summed E-state index contributed by atoms with van der Waals surface area (Å²) < 4.78 is 4.27. The van der Waals surface area contributed by atoms with Crippen LogP contribution >= 0.6 is 24.8 Å². The molecule has 0 heterocycles. The van der Waals surface area contributed by atoms with Crippen molar-refractivity contribution in [1.29, 1.82) is 0 Å². The number of hydrogen-bond acceptors (Lipinski definition) is 0. The van der Waals surface area contributed by atoms with E-state index in [1.807, 2.05) is 3.33 Å². The van der Waals surface area contributed by atoms with E-state index < -0.39 is 22.9 Å². The van der Waals surface area contributed by atoms with Crippen molar-refractivity contribution in [2.45, 2.75) is 39.3 Å². The van der Waals surface area contributed by atoms with Gasteiger partial charge in [0, 0.05) is 0 Å². The number of hydrogen-bond donors (Lipinski definition) is 0. The zero-order valence-electron chi connectivity index (χ0n) is 9.82. The number of rotatable bonds is 1. The molecule has 3 heteroatoms. The van der Waals surface area contributed by atoms with Crippen LogP contribution in [0.3, 0.4) is 0 Å². The van der Waals surface area contributed by atoms with Crippen LogP contribution in [0.5, 0.6) is 0 Å². The Balaban J connectivity index is 0. The van der Waals surface area contributed by atoms with E-state index in [0.717, 1.165) is 0 Å². The van der Waals surface area contributed by atoms with Gasteiger partial charge >= 0.3 is 87.7 Å². The van der Waals surface area contributed by atoms with E-state index in [4.69, 9.17) is 0 Å². The molecular weight excluding hydrogens is 382 g/mol. The molecule has 0 N–H and O–H groups in total. The van der Waals surface area contributed by atoms with Gasteiger partial charge in [-0.2, -0.15) is 0 Å². The normalized spacial score (nSPS) is 19.0. The minimum atomic E-state index is -0.457. The molecule has 0 aliphatic heterocycles. The Bertz CT molecular complexity index is 275. The average molecular weight is 402 g/mol. The van der Waals surface area contributed by atoms with Gasteiger partial charge in [-0.15, -0.1) is 24.8 Å². The van der Waals surface area contributed by atoms with Crippen LogP contribution in [-0.2, 0) is 22.9 Å². The molecule has 0 radical (unpaired) electrons. The second kappa shape index (κ2) is 5.86. The van der Waals surface area contributed by atoms with E-state index in [0.29, 0.717) is 5.41 Å². The summed E-state index contributed by atoms with van der Waals surface area (Å²) in [5.74, 6) is 0. The zero-order chi connectivity index (χ0) is 9.52. The van der Waals surface area contributed by atoms with Crippen LogP contribution in [0.25, 0.3) is 0 Å². The minimum absolute atomic E-state index is 0. The van der Waals surface area contributed by atoms with Gasteiger partial charge in [-0.1, -0.05) is 0 Å². The van der Waals surface area contributed by atoms with Crippen LogP contribution in [0, 0.1) is 5.41 Å². The predicted molar refractivity (Wildman–Crippen MR) is 65.2 cm³/mol. The van der Waals surface area contributed by atoms with Crippen LogP contribution in [0.1, 0.15) is 34.6 Å². The summed E-state index contributed by atoms with van der Waals surface area (Å²) in [5.41, 5.74) is 5.18. The molecule has 0 bridgehead atoms. The third kappa shape index (κ3) is 2.54. The summed E-state index contributed by atoms with van der Waals surface area (Å²) in [7, 11) is 0. The quantitative estimate of drug-likeness (QED) is 0.563. The summed E-state index contributed by atoms with van der Waals surface area (Å²) in [6.45, 7) is 11.6. The van der Waals surface area contributed by atoms with Gasteiger partial charge in [-0.3, -0.25) is 0 Å². The van der Waals surface area contributed by atoms with Gasteiger partial charge < -0.3 is 0 Å². The van der Waals surface area contributed by atoms with Crippen molar-refractivity contribution in [3.05, 3.63) is 20.0 Å². The van der Waals surface area contributed by atoms with Crippen molar-refractivity contribution in [2.24, 2.45) is 5.41 Å². The molecule has 1 rings (SSSR count). The SMILES string of the molecule is Cl.Cl.[CH3][Hf][C]1=C(C)C(C)=C(C)C1(C)C. The zero-order valence-corrected chi connectivity index (χ0v) is 15.0. The fraction of sp³-hybridized carbons (Fsp3) is 0.636. The Morgan fingerprint density at radius 1 is 0.929 bits per heavy atom. The van der Waals surface area contributed by atoms with Gasteiger partial charge in [0.15, 0.2) is 0 Å². The molecule has 0 saturated carbocycles. The third-order valence-corrected chi connectivity index (χ3v) is 8.70. The van der Waals surface area contributed by atoms with Gasteiger partial charge in [0.2, 0.25) is 0 Å². The first-order valence-electron chi connectivity index (χ1n) is 4.50. The fourth-order valence-electron chi connectivity index (χ4n) is 2.09. The Morgan fingerprint density at radius 2 is 1.36 bits per heavy atom. The molecule has 0 fully saturated rings. The first-order chi connectivity index (χ1) is 5.42. The topological polar surface area (TPSA) is 0 Å². The predicted octanol–water partition coefficient (Wildman–Crippen LogP) is 4.61. The van der Waals surface area contributed by atoms with Gasteiger partial charge in [-0.25, -0.2) is 0 Å². The van der Waals surface area contributed by atoms with Crippen molar-refractivity contribution >= 4 is 24.8 Å². The maximum absolute atomic E-state index is 2.45. The van der Waals surface area contributed by atoms with Crippen LogP contribution < -0.4 is 0 Å². The van der Waals surface area contributed by atoms with Crippen molar-refractivity contribution in [2.75, 3.05) is 0 Å². The standard InChI is InChI=1S/C10H15.CH3.2ClH.Hf/c1-7-6-10(4,5)9(3)8(7)2;;;;/h1-5H3;1H3;2*1H;. The first kappa shape index (κ1) is 17.3.